The lowest BCUT2D eigenvalue weighted by molar-refractivity contribution is -0.138. The molecule has 7 aromatic rings. The van der Waals surface area contributed by atoms with E-state index >= 15 is 0 Å². The molecule has 0 N–H and O–H groups in total. The summed E-state index contributed by atoms with van der Waals surface area (Å²) in [6.07, 6.45) is 14.4. The van der Waals surface area contributed by atoms with Gasteiger partial charge in [-0.15, -0.1) is 0 Å². The zero-order chi connectivity index (χ0) is 57.7. The van der Waals surface area contributed by atoms with Crippen LogP contribution in [-0.4, -0.2) is 69.5 Å². The van der Waals surface area contributed by atoms with Gasteiger partial charge in [-0.05, 0) is 188 Å². The summed E-state index contributed by atoms with van der Waals surface area (Å²) in [4.78, 5) is 63.6. The lowest BCUT2D eigenvalue weighted by atomic mass is 10.0. The number of benzene rings is 7. The number of carbonyl (C=O) groups excluding carboxylic acids is 5. The summed E-state index contributed by atoms with van der Waals surface area (Å²) in [5.41, 5.74) is 3.16. The van der Waals surface area contributed by atoms with Crippen LogP contribution in [0.1, 0.15) is 127 Å². The standard InChI is InChI=1S/C68H69NO13/c1-3-64(70)78-40-16-11-9-14-38-76-59-33-29-52-43-56(25-23-54(52)45-59)66(72)81-61-35-36-63(82-67(73)57-26-24-55-46-60(34-30-53(55)44-57)77-39-15-10-12-17-41-79-65(71)4-2)62(47-61)68(74)80-42-18-8-6-5-7-13-37-75-58-31-27-51(28-32-58)50-21-19-49(48-69)20-22-50/h3-4,19-36,43-47H,1-2,5-18,37-42H2. The van der Waals surface area contributed by atoms with Gasteiger partial charge in [0.1, 0.15) is 34.3 Å². The maximum absolute atomic E-state index is 13.8. The van der Waals surface area contributed by atoms with Crippen LogP contribution in [0.25, 0.3) is 32.7 Å². The number of rotatable bonds is 34. The number of hydrogen-bond donors (Lipinski definition) is 0. The van der Waals surface area contributed by atoms with E-state index in [0.29, 0.717) is 56.5 Å². The van der Waals surface area contributed by atoms with Gasteiger partial charge in [0.05, 0.1) is 62.4 Å². The van der Waals surface area contributed by atoms with Crippen molar-refractivity contribution < 1.29 is 61.9 Å². The van der Waals surface area contributed by atoms with Crippen molar-refractivity contribution >= 4 is 51.4 Å². The number of nitrogens with zero attached hydrogens (tertiary/aromatic N) is 1. The van der Waals surface area contributed by atoms with E-state index in [4.69, 9.17) is 43.2 Å². The summed E-state index contributed by atoms with van der Waals surface area (Å²) in [5, 5.41) is 12.4. The average Bonchev–Trinajstić information content (AvgIpc) is 3.71. The van der Waals surface area contributed by atoms with Crippen LogP contribution in [0.3, 0.4) is 0 Å². The van der Waals surface area contributed by atoms with Crippen LogP contribution in [0.4, 0.5) is 0 Å². The third-order valence-corrected chi connectivity index (χ3v) is 13.4. The van der Waals surface area contributed by atoms with Crippen molar-refractivity contribution in [2.45, 2.75) is 89.9 Å². The van der Waals surface area contributed by atoms with Gasteiger partial charge in [-0.25, -0.2) is 24.0 Å². The van der Waals surface area contributed by atoms with Crippen molar-refractivity contribution in [1.82, 2.24) is 0 Å². The Hall–Kier alpha value is -9.22. The number of hydrogen-bond acceptors (Lipinski definition) is 14. The molecule has 82 heavy (non-hydrogen) atoms. The number of ether oxygens (including phenoxy) is 8. The van der Waals surface area contributed by atoms with Gasteiger partial charge in [0.15, 0.2) is 0 Å². The van der Waals surface area contributed by atoms with Gasteiger partial charge in [0.2, 0.25) is 0 Å². The molecule has 0 bridgehead atoms. The van der Waals surface area contributed by atoms with Gasteiger partial charge >= 0.3 is 29.8 Å². The molecular formula is C68H69NO13. The maximum atomic E-state index is 13.8. The highest BCUT2D eigenvalue weighted by Gasteiger charge is 2.21. The average molecular weight is 1110 g/mol. The van der Waals surface area contributed by atoms with E-state index in [-0.39, 0.29) is 34.8 Å². The van der Waals surface area contributed by atoms with Crippen molar-refractivity contribution in [3.8, 4) is 45.9 Å². The van der Waals surface area contributed by atoms with Crippen LogP contribution >= 0.6 is 0 Å². The lowest BCUT2D eigenvalue weighted by Gasteiger charge is -2.13. The van der Waals surface area contributed by atoms with Crippen LogP contribution in [-0.2, 0) is 23.8 Å². The van der Waals surface area contributed by atoms with Crippen molar-refractivity contribution in [3.63, 3.8) is 0 Å². The summed E-state index contributed by atoms with van der Waals surface area (Å²) >= 11 is 0. The van der Waals surface area contributed by atoms with Gasteiger partial charge in [-0.2, -0.15) is 5.26 Å². The first kappa shape index (κ1) is 60.4. The highest BCUT2D eigenvalue weighted by Crippen LogP contribution is 2.30. The molecule has 0 aromatic heterocycles. The third kappa shape index (κ3) is 19.5. The number of esters is 5. The first-order chi connectivity index (χ1) is 40.1. The maximum Gasteiger partial charge on any atom is 0.343 e. The molecule has 424 valence electrons. The predicted molar refractivity (Wildman–Crippen MR) is 315 cm³/mol. The van der Waals surface area contributed by atoms with Crippen molar-refractivity contribution in [2.75, 3.05) is 39.6 Å². The topological polar surface area (TPSA) is 183 Å². The molecule has 14 heteroatoms. The number of unbranched alkanes of at least 4 members (excludes halogenated alkanes) is 11. The molecule has 0 spiro atoms. The molecule has 14 nitrogen and oxygen atoms in total. The highest BCUT2D eigenvalue weighted by atomic mass is 16.6. The van der Waals surface area contributed by atoms with Crippen LogP contribution in [0.5, 0.6) is 28.7 Å². The molecule has 0 amide bonds. The Morgan fingerprint density at radius 1 is 0.378 bits per heavy atom. The minimum absolute atomic E-state index is 0.0535. The second-order valence-electron chi connectivity index (χ2n) is 19.5. The number of carbonyl (C=O) groups is 5. The van der Waals surface area contributed by atoms with E-state index in [0.717, 1.165) is 134 Å². The van der Waals surface area contributed by atoms with Crippen molar-refractivity contribution in [1.29, 1.82) is 5.26 Å². The smallest absolute Gasteiger partial charge is 0.343 e. The van der Waals surface area contributed by atoms with Gasteiger partial charge in [0.25, 0.3) is 0 Å². The second-order valence-corrected chi connectivity index (χ2v) is 19.5. The molecule has 7 rings (SSSR count). The first-order valence-corrected chi connectivity index (χ1v) is 28.0. The molecule has 0 radical (unpaired) electrons. The predicted octanol–water partition coefficient (Wildman–Crippen LogP) is 14.9. The molecular weight excluding hydrogens is 1040 g/mol. The zero-order valence-corrected chi connectivity index (χ0v) is 46.2. The highest BCUT2D eigenvalue weighted by molar-refractivity contribution is 6.00. The molecule has 0 aliphatic carbocycles. The fourth-order valence-electron chi connectivity index (χ4n) is 8.81. The molecule has 0 atom stereocenters. The third-order valence-electron chi connectivity index (χ3n) is 13.4. The molecule has 0 fully saturated rings. The van der Waals surface area contributed by atoms with E-state index in [9.17, 15) is 24.0 Å². The summed E-state index contributed by atoms with van der Waals surface area (Å²) in [6, 6.07) is 43.3. The largest absolute Gasteiger partial charge is 0.494 e. The van der Waals surface area contributed by atoms with Crippen LogP contribution in [0.15, 0.2) is 165 Å². The van der Waals surface area contributed by atoms with E-state index in [2.05, 4.69) is 19.2 Å². The molecule has 0 unspecified atom stereocenters. The van der Waals surface area contributed by atoms with Crippen molar-refractivity contribution in [3.05, 3.63) is 187 Å². The summed E-state index contributed by atoms with van der Waals surface area (Å²) < 4.78 is 45.4. The number of nitriles is 1. The fourth-order valence-corrected chi connectivity index (χ4v) is 8.81. The van der Waals surface area contributed by atoms with E-state index < -0.39 is 29.8 Å². The lowest BCUT2D eigenvalue weighted by Crippen LogP contribution is -2.14. The summed E-state index contributed by atoms with van der Waals surface area (Å²) in [7, 11) is 0. The monoisotopic (exact) mass is 1110 g/mol. The Balaban J connectivity index is 0.910. The SMILES string of the molecule is C=CC(=O)OCCCCCCOc1ccc2cc(C(=O)Oc3ccc(OC(=O)c4ccc5cc(OCCCCCCOC(=O)C=C)ccc5c4)c(C(=O)OCCCCCCCCOc4ccc(-c5ccc(C#N)cc5)cc4)c3)ccc2c1. The van der Waals surface area contributed by atoms with Gasteiger partial charge in [-0.1, -0.05) is 87.4 Å². The van der Waals surface area contributed by atoms with Crippen LogP contribution in [0, 0.1) is 11.3 Å². The van der Waals surface area contributed by atoms with E-state index in [1.54, 1.807) is 42.5 Å². The molecule has 0 saturated carbocycles. The first-order valence-electron chi connectivity index (χ1n) is 28.0. The Labute approximate surface area is 479 Å². The summed E-state index contributed by atoms with van der Waals surface area (Å²) in [5.74, 6) is -0.744. The molecule has 0 saturated heterocycles. The Morgan fingerprint density at radius 3 is 1.26 bits per heavy atom. The van der Waals surface area contributed by atoms with E-state index in [1.807, 2.05) is 78.9 Å². The molecule has 0 aliphatic rings. The van der Waals surface area contributed by atoms with Crippen LogP contribution in [0.2, 0.25) is 0 Å². The minimum Gasteiger partial charge on any atom is -0.494 e. The minimum atomic E-state index is -0.738. The van der Waals surface area contributed by atoms with Gasteiger partial charge in [0, 0.05) is 12.2 Å². The molecule has 0 aliphatic heterocycles. The quantitative estimate of drug-likeness (QED) is 0.0122. The van der Waals surface area contributed by atoms with Crippen molar-refractivity contribution in [2.24, 2.45) is 0 Å². The molecule has 0 heterocycles. The Kier molecular flexibility index (Phi) is 24.1. The van der Waals surface area contributed by atoms with Gasteiger partial charge < -0.3 is 37.9 Å². The second kappa shape index (κ2) is 32.8. The Morgan fingerprint density at radius 2 is 0.768 bits per heavy atom. The Bertz CT molecular complexity index is 3320. The number of fused-ring (bicyclic) bond motifs is 2. The van der Waals surface area contributed by atoms with Gasteiger partial charge in [-0.3, -0.25) is 0 Å². The normalized spacial score (nSPS) is 10.8. The van der Waals surface area contributed by atoms with E-state index in [1.165, 1.54) is 18.2 Å². The molecule has 7 aromatic carbocycles. The fraction of sp³-hybridized carbons (Fsp3) is 0.294. The zero-order valence-electron chi connectivity index (χ0n) is 46.2. The van der Waals surface area contributed by atoms with Crippen LogP contribution < -0.4 is 23.7 Å². The summed E-state index contributed by atoms with van der Waals surface area (Å²) in [6.45, 7) is 9.30.